The minimum atomic E-state index is -0.515. The molecule has 0 amide bonds. The molecule has 0 aliphatic carbocycles. The largest absolute Gasteiger partial charge is 0.496 e. The van der Waals surface area contributed by atoms with Crippen LogP contribution in [0.5, 0.6) is 5.75 Å². The smallest absolute Gasteiger partial charge is 0.338 e. The van der Waals surface area contributed by atoms with Crippen molar-refractivity contribution in [3.8, 4) is 5.75 Å². The molecule has 0 unspecified atom stereocenters. The lowest BCUT2D eigenvalue weighted by Gasteiger charge is -2.06. The monoisotopic (exact) mass is 564 g/mol. The zero-order valence-electron chi connectivity index (χ0n) is 23.9. The number of carbonyl (C=O) groups excluding carboxylic acids is 3. The lowest BCUT2D eigenvalue weighted by atomic mass is 9.98. The first-order valence-electron chi connectivity index (χ1n) is 13.6. The van der Waals surface area contributed by atoms with Gasteiger partial charge >= 0.3 is 5.97 Å². The van der Waals surface area contributed by atoms with Gasteiger partial charge in [0.1, 0.15) is 5.75 Å². The number of para-hydroxylation sites is 3. The Morgan fingerprint density at radius 1 is 0.548 bits per heavy atom. The standard InChI is InChI=1S/C17H13NO3.C16H13NO2.C2H6.2H2/c1-21-17(20)13-8-3-2-7-12(13)16(19)14-10-18-15-9-5-4-6-11(14)15;1-19-15-9-5-3-7-12(15)16(18)13-10-17-14-8-4-2-6-11(13)14;1-2;;/h2-10,18H,1H3;2-10,17H,1H3;1-2H3;2*1H. The summed E-state index contributed by atoms with van der Waals surface area (Å²) in [4.78, 5) is 43.3. The van der Waals surface area contributed by atoms with Crippen LogP contribution in [0.25, 0.3) is 21.8 Å². The lowest BCUT2D eigenvalue weighted by Crippen LogP contribution is -2.10. The number of benzene rings is 4. The zero-order valence-corrected chi connectivity index (χ0v) is 23.9. The van der Waals surface area contributed by atoms with Gasteiger partial charge in [-0.3, -0.25) is 9.59 Å². The number of hydrogen-bond donors (Lipinski definition) is 2. The Labute approximate surface area is 247 Å². The van der Waals surface area contributed by atoms with Crippen LogP contribution in [0.3, 0.4) is 0 Å². The molecule has 2 N–H and O–H groups in total. The molecule has 0 atom stereocenters. The molecule has 2 heterocycles. The van der Waals surface area contributed by atoms with Gasteiger partial charge in [0.25, 0.3) is 0 Å². The lowest BCUT2D eigenvalue weighted by molar-refractivity contribution is 0.0597. The van der Waals surface area contributed by atoms with E-state index >= 15 is 0 Å². The van der Waals surface area contributed by atoms with Gasteiger partial charge in [0.05, 0.1) is 25.3 Å². The molecule has 0 saturated heterocycles. The summed E-state index contributed by atoms with van der Waals surface area (Å²) in [6, 6.07) is 29.2. The number of ether oxygens (including phenoxy) is 2. The number of rotatable bonds is 6. The van der Waals surface area contributed by atoms with E-state index in [1.807, 2.05) is 74.5 Å². The van der Waals surface area contributed by atoms with E-state index in [9.17, 15) is 14.4 Å². The highest BCUT2D eigenvalue weighted by Crippen LogP contribution is 2.26. The fraction of sp³-hybridized carbons (Fsp3) is 0.114. The minimum absolute atomic E-state index is 0. The van der Waals surface area contributed by atoms with Crippen molar-refractivity contribution in [2.24, 2.45) is 0 Å². The number of H-pyrrole nitrogens is 2. The quantitative estimate of drug-likeness (QED) is 0.157. The van der Waals surface area contributed by atoms with Crippen molar-refractivity contribution in [3.05, 3.63) is 137 Å². The van der Waals surface area contributed by atoms with Crippen LogP contribution in [0, 0.1) is 0 Å². The predicted molar refractivity (Wildman–Crippen MR) is 170 cm³/mol. The van der Waals surface area contributed by atoms with Crippen molar-refractivity contribution in [1.29, 1.82) is 0 Å². The summed E-state index contributed by atoms with van der Waals surface area (Å²) in [7, 11) is 2.87. The second-order valence-corrected chi connectivity index (χ2v) is 8.89. The normalized spacial score (nSPS) is 10.2. The summed E-state index contributed by atoms with van der Waals surface area (Å²) in [5.74, 6) is -0.153. The molecule has 2 aromatic heterocycles. The molecule has 7 heteroatoms. The van der Waals surface area contributed by atoms with Crippen molar-refractivity contribution in [1.82, 2.24) is 9.97 Å². The maximum absolute atomic E-state index is 12.7. The van der Waals surface area contributed by atoms with Crippen molar-refractivity contribution >= 4 is 39.3 Å². The Morgan fingerprint density at radius 2 is 0.976 bits per heavy atom. The molecule has 0 fully saturated rings. The highest BCUT2D eigenvalue weighted by Gasteiger charge is 2.21. The van der Waals surface area contributed by atoms with Crippen LogP contribution < -0.4 is 4.74 Å². The number of methoxy groups -OCH3 is 2. The molecule has 6 aromatic rings. The molecule has 0 saturated carbocycles. The first-order chi connectivity index (χ1) is 20.5. The molecule has 7 nitrogen and oxygen atoms in total. The number of aromatic amines is 2. The summed E-state index contributed by atoms with van der Waals surface area (Å²) < 4.78 is 9.98. The summed E-state index contributed by atoms with van der Waals surface area (Å²) in [5.41, 5.74) is 4.25. The molecule has 0 aliphatic heterocycles. The fourth-order valence-electron chi connectivity index (χ4n) is 4.61. The third kappa shape index (κ3) is 6.00. The molecular weight excluding hydrogens is 528 g/mol. The van der Waals surface area contributed by atoms with E-state index in [1.54, 1.807) is 55.9 Å². The maximum Gasteiger partial charge on any atom is 0.338 e. The second-order valence-electron chi connectivity index (χ2n) is 8.89. The molecule has 4 aromatic carbocycles. The Morgan fingerprint density at radius 3 is 1.50 bits per heavy atom. The van der Waals surface area contributed by atoms with Gasteiger partial charge in [-0.05, 0) is 30.3 Å². The molecule has 0 spiro atoms. The van der Waals surface area contributed by atoms with Gasteiger partial charge in [-0.15, -0.1) is 0 Å². The number of hydrogen-bond acceptors (Lipinski definition) is 5. The fourth-order valence-corrected chi connectivity index (χ4v) is 4.61. The molecular formula is C35H36N2O5. The average molecular weight is 565 g/mol. The van der Waals surface area contributed by atoms with E-state index < -0.39 is 5.97 Å². The van der Waals surface area contributed by atoms with Crippen molar-refractivity contribution in [2.75, 3.05) is 14.2 Å². The van der Waals surface area contributed by atoms with Crippen molar-refractivity contribution in [3.63, 3.8) is 0 Å². The number of aromatic nitrogens is 2. The topological polar surface area (TPSA) is 101 Å². The minimum Gasteiger partial charge on any atom is -0.496 e. The number of nitrogens with one attached hydrogen (secondary N) is 2. The van der Waals surface area contributed by atoms with Gasteiger partial charge in [-0.2, -0.15) is 0 Å². The van der Waals surface area contributed by atoms with E-state index in [0.717, 1.165) is 21.8 Å². The van der Waals surface area contributed by atoms with Gasteiger partial charge < -0.3 is 19.4 Å². The number of fused-ring (bicyclic) bond motifs is 2. The summed E-state index contributed by atoms with van der Waals surface area (Å²) in [5, 5.41) is 1.76. The highest BCUT2D eigenvalue weighted by atomic mass is 16.5. The van der Waals surface area contributed by atoms with Crippen LogP contribution in [0.2, 0.25) is 0 Å². The third-order valence-electron chi connectivity index (χ3n) is 6.60. The van der Waals surface area contributed by atoms with Crippen LogP contribution in [0.15, 0.2) is 109 Å². The Hall–Kier alpha value is -5.43. The van der Waals surface area contributed by atoms with Crippen molar-refractivity contribution in [2.45, 2.75) is 13.8 Å². The Kier molecular flexibility index (Phi) is 9.69. The molecule has 0 radical (unpaired) electrons. The molecule has 0 aliphatic rings. The Bertz CT molecular complexity index is 1860. The van der Waals surface area contributed by atoms with E-state index in [-0.39, 0.29) is 20.0 Å². The summed E-state index contributed by atoms with van der Waals surface area (Å²) in [6.07, 6.45) is 3.42. The number of ketones is 2. The molecule has 6 rings (SSSR count). The average Bonchev–Trinajstić information content (AvgIpc) is 3.70. The SMILES string of the molecule is CC.COC(=O)c1ccccc1C(=O)c1c[nH]c2ccccc12.COc1ccccc1C(=O)c1c[nH]c2ccccc12.[HH].[HH]. The van der Waals surface area contributed by atoms with Gasteiger partial charge in [0, 0.05) is 53.7 Å². The highest BCUT2D eigenvalue weighted by molar-refractivity contribution is 6.20. The van der Waals surface area contributed by atoms with Gasteiger partial charge in [0.15, 0.2) is 11.6 Å². The first-order valence-corrected chi connectivity index (χ1v) is 13.6. The van der Waals surface area contributed by atoms with Gasteiger partial charge in [-0.25, -0.2) is 4.79 Å². The molecule has 216 valence electrons. The zero-order chi connectivity index (χ0) is 30.1. The predicted octanol–water partition coefficient (Wildman–Crippen LogP) is 8.11. The van der Waals surface area contributed by atoms with E-state index in [2.05, 4.69) is 9.97 Å². The van der Waals surface area contributed by atoms with Gasteiger partial charge in [-0.1, -0.05) is 80.6 Å². The summed E-state index contributed by atoms with van der Waals surface area (Å²) in [6.45, 7) is 4.00. The number of carbonyl (C=O) groups is 3. The molecule has 42 heavy (non-hydrogen) atoms. The second kappa shape index (κ2) is 13.8. The third-order valence-corrected chi connectivity index (χ3v) is 6.60. The summed E-state index contributed by atoms with van der Waals surface area (Å²) >= 11 is 0. The van der Waals surface area contributed by atoms with E-state index in [0.29, 0.717) is 28.0 Å². The first kappa shape index (κ1) is 29.6. The van der Waals surface area contributed by atoms with Gasteiger partial charge in [0.2, 0.25) is 0 Å². The number of esters is 1. The molecule has 0 bridgehead atoms. The van der Waals surface area contributed by atoms with Crippen molar-refractivity contribution < 1.29 is 26.7 Å². The van der Waals surface area contributed by atoms with Crippen LogP contribution in [-0.4, -0.2) is 41.7 Å². The van der Waals surface area contributed by atoms with Crippen LogP contribution in [-0.2, 0) is 4.74 Å². The van der Waals surface area contributed by atoms with Crippen LogP contribution in [0.1, 0.15) is 58.9 Å². The van der Waals surface area contributed by atoms with E-state index in [1.165, 1.54) is 7.11 Å². The van der Waals surface area contributed by atoms with Crippen LogP contribution in [0.4, 0.5) is 0 Å². The maximum atomic E-state index is 12.7. The van der Waals surface area contributed by atoms with E-state index in [4.69, 9.17) is 9.47 Å². The van der Waals surface area contributed by atoms with Crippen LogP contribution >= 0.6 is 0 Å². The Balaban J connectivity index is 0.000000280.